The van der Waals surface area contributed by atoms with Gasteiger partial charge in [0, 0.05) is 12.5 Å². The van der Waals surface area contributed by atoms with Crippen LogP contribution in [0.2, 0.25) is 6.04 Å². The van der Waals surface area contributed by atoms with Crippen molar-refractivity contribution < 1.29 is 9.53 Å². The van der Waals surface area contributed by atoms with Crippen LogP contribution in [0.15, 0.2) is 0 Å². The Morgan fingerprint density at radius 1 is 1.60 bits per heavy atom. The lowest BCUT2D eigenvalue weighted by Gasteiger charge is -2.01. The molecule has 0 heterocycles. The van der Waals surface area contributed by atoms with E-state index in [1.165, 1.54) is 0 Å². The summed E-state index contributed by atoms with van der Waals surface area (Å²) in [5.41, 5.74) is 0. The van der Waals surface area contributed by atoms with Gasteiger partial charge in [0.1, 0.15) is 0 Å². The minimum Gasteiger partial charge on any atom is -0.466 e. The van der Waals surface area contributed by atoms with Crippen molar-refractivity contribution in [1.82, 2.24) is 0 Å². The molecule has 0 spiro atoms. The number of halogens is 2. The van der Waals surface area contributed by atoms with Gasteiger partial charge in [-0.05, 0) is 0 Å². The summed E-state index contributed by atoms with van der Waals surface area (Å²) in [5.74, 6) is -0.192. The summed E-state index contributed by atoms with van der Waals surface area (Å²) in [6.07, 6.45) is 0.413. The van der Waals surface area contributed by atoms with Gasteiger partial charge in [-0.25, -0.2) is 0 Å². The van der Waals surface area contributed by atoms with Crippen LogP contribution < -0.4 is 0 Å². The van der Waals surface area contributed by atoms with Crippen LogP contribution >= 0.6 is 22.2 Å². The standard InChI is InChI=1S/C5H10Cl2O2Si/c1-2-5(8)9-3-4-10(6)7/h10H,2-4H2,1H3. The van der Waals surface area contributed by atoms with Crippen LogP contribution in [0.3, 0.4) is 0 Å². The van der Waals surface area contributed by atoms with E-state index in [2.05, 4.69) is 0 Å². The van der Waals surface area contributed by atoms with Crippen molar-refractivity contribution in [3.05, 3.63) is 0 Å². The topological polar surface area (TPSA) is 26.3 Å². The maximum atomic E-state index is 10.5. The molecule has 5 heteroatoms. The second kappa shape index (κ2) is 6.01. The minimum absolute atomic E-state index is 0.192. The Labute approximate surface area is 71.5 Å². The SMILES string of the molecule is CCC(=O)OCC[SiH](Cl)Cl. The smallest absolute Gasteiger partial charge is 0.305 e. The zero-order valence-electron chi connectivity index (χ0n) is 5.77. The summed E-state index contributed by atoms with van der Waals surface area (Å²) in [4.78, 5) is 10.5. The summed E-state index contributed by atoms with van der Waals surface area (Å²) in [7, 11) is -1.57. The lowest BCUT2D eigenvalue weighted by molar-refractivity contribution is -0.142. The molecule has 0 unspecified atom stereocenters. The van der Waals surface area contributed by atoms with Crippen LogP contribution in [0.1, 0.15) is 13.3 Å². The van der Waals surface area contributed by atoms with Crippen molar-refractivity contribution >= 4 is 35.5 Å². The fourth-order valence-corrected chi connectivity index (χ4v) is 1.19. The quantitative estimate of drug-likeness (QED) is 0.392. The molecular weight excluding hydrogens is 191 g/mol. The molecule has 0 bridgehead atoms. The van der Waals surface area contributed by atoms with E-state index < -0.39 is 7.42 Å². The molecule has 0 saturated carbocycles. The molecule has 0 amide bonds. The van der Waals surface area contributed by atoms with Gasteiger partial charge >= 0.3 is 5.97 Å². The predicted molar refractivity (Wildman–Crippen MR) is 44.9 cm³/mol. The first-order chi connectivity index (χ1) is 4.66. The van der Waals surface area contributed by atoms with E-state index in [4.69, 9.17) is 26.9 Å². The second-order valence-corrected chi connectivity index (χ2v) is 6.94. The molecule has 2 nitrogen and oxygen atoms in total. The molecule has 0 saturated heterocycles. The van der Waals surface area contributed by atoms with E-state index >= 15 is 0 Å². The highest BCUT2D eigenvalue weighted by atomic mass is 35.7. The number of carbonyl (C=O) groups excluding carboxylic acids is 1. The molecule has 0 aliphatic carbocycles. The third-order valence-electron chi connectivity index (χ3n) is 0.888. The first-order valence-electron chi connectivity index (χ1n) is 3.10. The van der Waals surface area contributed by atoms with Crippen LogP contribution in [0.4, 0.5) is 0 Å². The van der Waals surface area contributed by atoms with E-state index in [9.17, 15) is 4.79 Å². The summed E-state index contributed by atoms with van der Waals surface area (Å²) >= 11 is 11.0. The molecule has 0 N–H and O–H groups in total. The van der Waals surface area contributed by atoms with Gasteiger partial charge in [0.05, 0.1) is 6.61 Å². The van der Waals surface area contributed by atoms with Gasteiger partial charge in [-0.15, -0.1) is 0 Å². The Balaban J connectivity index is 3.12. The molecular formula is C5H10Cl2O2Si. The van der Waals surface area contributed by atoms with E-state index in [1.54, 1.807) is 6.92 Å². The number of esters is 1. The summed E-state index contributed by atoms with van der Waals surface area (Å²) in [6, 6.07) is 0.634. The third-order valence-corrected chi connectivity index (χ3v) is 2.87. The first-order valence-corrected chi connectivity index (χ1v) is 7.41. The average Bonchev–Trinajstić information content (AvgIpc) is 1.87. The highest BCUT2D eigenvalue weighted by Gasteiger charge is 2.03. The molecule has 0 aromatic carbocycles. The van der Waals surface area contributed by atoms with Crippen molar-refractivity contribution in [3.63, 3.8) is 0 Å². The highest BCUT2D eigenvalue weighted by molar-refractivity contribution is 7.33. The van der Waals surface area contributed by atoms with Crippen molar-refractivity contribution in [2.24, 2.45) is 0 Å². The molecule has 0 radical (unpaired) electrons. The molecule has 60 valence electrons. The summed E-state index contributed by atoms with van der Waals surface area (Å²) in [5, 5.41) is 0. The van der Waals surface area contributed by atoms with Crippen LogP contribution in [0, 0.1) is 0 Å². The zero-order chi connectivity index (χ0) is 7.98. The monoisotopic (exact) mass is 200 g/mol. The van der Waals surface area contributed by atoms with Crippen molar-refractivity contribution in [3.8, 4) is 0 Å². The van der Waals surface area contributed by atoms with E-state index in [-0.39, 0.29) is 5.97 Å². The van der Waals surface area contributed by atoms with Gasteiger partial charge in [0.2, 0.25) is 7.42 Å². The molecule has 10 heavy (non-hydrogen) atoms. The molecule has 0 fully saturated rings. The maximum Gasteiger partial charge on any atom is 0.305 e. The van der Waals surface area contributed by atoms with Crippen LogP contribution in [-0.4, -0.2) is 20.0 Å². The largest absolute Gasteiger partial charge is 0.466 e. The lowest BCUT2D eigenvalue weighted by atomic mass is 10.5. The van der Waals surface area contributed by atoms with Crippen LogP contribution in [0.25, 0.3) is 0 Å². The van der Waals surface area contributed by atoms with Crippen LogP contribution in [0.5, 0.6) is 0 Å². The third kappa shape index (κ3) is 6.39. The van der Waals surface area contributed by atoms with Gasteiger partial charge in [0.15, 0.2) is 0 Å². The zero-order valence-corrected chi connectivity index (χ0v) is 8.44. The first kappa shape index (κ1) is 10.3. The fourth-order valence-electron chi connectivity index (χ4n) is 0.364. The molecule has 0 rings (SSSR count). The number of hydrogen-bond acceptors (Lipinski definition) is 2. The highest BCUT2D eigenvalue weighted by Crippen LogP contribution is 2.02. The Morgan fingerprint density at radius 2 is 2.20 bits per heavy atom. The Hall–Kier alpha value is 0.267. The molecule has 0 aromatic heterocycles. The van der Waals surface area contributed by atoms with Crippen molar-refractivity contribution in [2.75, 3.05) is 6.61 Å². The Kier molecular flexibility index (Phi) is 6.17. The van der Waals surface area contributed by atoms with Crippen molar-refractivity contribution in [2.45, 2.75) is 19.4 Å². The number of carbonyl (C=O) groups is 1. The summed E-state index contributed by atoms with van der Waals surface area (Å²) < 4.78 is 4.73. The van der Waals surface area contributed by atoms with Crippen molar-refractivity contribution in [1.29, 1.82) is 0 Å². The van der Waals surface area contributed by atoms with E-state index in [0.717, 1.165) is 0 Å². The number of hydrogen-bond donors (Lipinski definition) is 0. The van der Waals surface area contributed by atoms with Gasteiger partial charge in [0.25, 0.3) is 0 Å². The normalized spacial score (nSPS) is 10.0. The molecule has 0 aliphatic heterocycles. The predicted octanol–water partition coefficient (Wildman–Crippen LogP) is 1.64. The maximum absolute atomic E-state index is 10.5. The van der Waals surface area contributed by atoms with Gasteiger partial charge in [-0.2, -0.15) is 22.2 Å². The minimum atomic E-state index is -1.57. The van der Waals surface area contributed by atoms with Gasteiger partial charge < -0.3 is 4.74 Å². The number of ether oxygens (including phenoxy) is 1. The van der Waals surface area contributed by atoms with Gasteiger partial charge in [-0.1, -0.05) is 6.92 Å². The molecule has 0 atom stereocenters. The second-order valence-electron chi connectivity index (χ2n) is 1.75. The summed E-state index contributed by atoms with van der Waals surface area (Å²) in [6.45, 7) is 2.12. The lowest BCUT2D eigenvalue weighted by Crippen LogP contribution is -2.06. The van der Waals surface area contributed by atoms with E-state index in [1.807, 2.05) is 0 Å². The van der Waals surface area contributed by atoms with Gasteiger partial charge in [-0.3, -0.25) is 4.79 Å². The Bertz CT molecular complexity index is 108. The van der Waals surface area contributed by atoms with Crippen LogP contribution in [-0.2, 0) is 9.53 Å². The molecule has 0 aromatic rings. The fraction of sp³-hybridized carbons (Fsp3) is 0.800. The molecule has 0 aliphatic rings. The number of rotatable bonds is 4. The Morgan fingerprint density at radius 3 is 2.60 bits per heavy atom. The average molecular weight is 201 g/mol. The van der Waals surface area contributed by atoms with E-state index in [0.29, 0.717) is 19.1 Å².